The van der Waals surface area contributed by atoms with Crippen LogP contribution in [0.1, 0.15) is 43.4 Å². The van der Waals surface area contributed by atoms with Crippen molar-refractivity contribution in [3.63, 3.8) is 0 Å². The Morgan fingerprint density at radius 2 is 2.15 bits per heavy atom. The van der Waals surface area contributed by atoms with Crippen molar-refractivity contribution in [2.24, 2.45) is 0 Å². The predicted molar refractivity (Wildman–Crippen MR) is 109 cm³/mol. The van der Waals surface area contributed by atoms with Crippen LogP contribution in [-0.4, -0.2) is 63.5 Å². The second-order valence-electron chi connectivity index (χ2n) is 7.45. The molecule has 1 N–H and O–H groups in total. The summed E-state index contributed by atoms with van der Waals surface area (Å²) < 4.78 is 2.29. The van der Waals surface area contributed by atoms with Crippen molar-refractivity contribution in [2.45, 2.75) is 49.6 Å². The first kappa shape index (κ1) is 19.0. The van der Waals surface area contributed by atoms with Gasteiger partial charge in [-0.25, -0.2) is 0 Å². The van der Waals surface area contributed by atoms with Gasteiger partial charge in [-0.2, -0.15) is 0 Å². The van der Waals surface area contributed by atoms with Crippen molar-refractivity contribution in [1.82, 2.24) is 19.7 Å². The Balaban J connectivity index is 1.42. The van der Waals surface area contributed by atoms with Crippen LogP contribution in [0.4, 0.5) is 0 Å². The predicted octanol–water partition coefficient (Wildman–Crippen LogP) is 1.49. The van der Waals surface area contributed by atoms with Crippen LogP contribution in [0.15, 0.2) is 22.7 Å². The number of carbonyl (C=O) groups is 1. The van der Waals surface area contributed by atoms with Gasteiger partial charge in [0.15, 0.2) is 5.16 Å². The molecule has 2 aromatic rings. The SMILES string of the molecule is CC[NH+]1CCN(C(=O)[C@H](C)Sc2nnc(Cc3cccs3)n2C2CC2)CC1. The van der Waals surface area contributed by atoms with Gasteiger partial charge in [-0.05, 0) is 38.1 Å². The van der Waals surface area contributed by atoms with Crippen LogP contribution in [0.25, 0.3) is 0 Å². The van der Waals surface area contributed by atoms with Crippen LogP contribution < -0.4 is 4.90 Å². The van der Waals surface area contributed by atoms with E-state index in [9.17, 15) is 4.79 Å². The van der Waals surface area contributed by atoms with E-state index in [1.165, 1.54) is 17.7 Å². The molecule has 4 rings (SSSR count). The van der Waals surface area contributed by atoms with E-state index in [0.29, 0.717) is 6.04 Å². The van der Waals surface area contributed by atoms with Gasteiger partial charge in [0.1, 0.15) is 5.82 Å². The molecule has 1 amide bonds. The number of thiophene rings is 1. The first-order valence-electron chi connectivity index (χ1n) is 9.91. The summed E-state index contributed by atoms with van der Waals surface area (Å²) in [6.07, 6.45) is 3.20. The summed E-state index contributed by atoms with van der Waals surface area (Å²) in [7, 11) is 0. The monoisotopic (exact) mass is 406 g/mol. The lowest BCUT2D eigenvalue weighted by Gasteiger charge is -2.32. The van der Waals surface area contributed by atoms with Crippen LogP contribution in [0.5, 0.6) is 0 Å². The number of likely N-dealkylation sites (N-methyl/N-ethyl adjacent to an activating group) is 1. The molecule has 146 valence electrons. The van der Waals surface area contributed by atoms with Crippen molar-refractivity contribution in [3.05, 3.63) is 28.2 Å². The van der Waals surface area contributed by atoms with Crippen molar-refractivity contribution >= 4 is 29.0 Å². The number of aromatic nitrogens is 3. The Labute approximate surface area is 168 Å². The van der Waals surface area contributed by atoms with Crippen LogP contribution >= 0.6 is 23.1 Å². The molecule has 3 heterocycles. The number of carbonyl (C=O) groups excluding carboxylic acids is 1. The van der Waals surface area contributed by atoms with Gasteiger partial charge in [0.25, 0.3) is 0 Å². The zero-order valence-corrected chi connectivity index (χ0v) is 17.7. The van der Waals surface area contributed by atoms with Gasteiger partial charge in [-0.1, -0.05) is 17.8 Å². The fraction of sp³-hybridized carbons (Fsp3) is 0.632. The molecule has 0 aromatic carbocycles. The summed E-state index contributed by atoms with van der Waals surface area (Å²) >= 11 is 3.33. The number of rotatable bonds is 7. The third kappa shape index (κ3) is 4.38. The Morgan fingerprint density at radius 1 is 1.37 bits per heavy atom. The molecule has 6 nitrogen and oxygen atoms in total. The number of nitrogens with one attached hydrogen (secondary N) is 1. The molecule has 1 saturated carbocycles. The molecule has 0 unspecified atom stereocenters. The molecule has 2 fully saturated rings. The second-order valence-corrected chi connectivity index (χ2v) is 9.79. The fourth-order valence-corrected chi connectivity index (χ4v) is 5.36. The highest BCUT2D eigenvalue weighted by Crippen LogP contribution is 2.40. The highest BCUT2D eigenvalue weighted by atomic mass is 32.2. The van der Waals surface area contributed by atoms with Crippen molar-refractivity contribution in [3.8, 4) is 0 Å². The number of hydrogen-bond donors (Lipinski definition) is 1. The average Bonchev–Trinajstić information content (AvgIpc) is 3.25. The molecule has 0 bridgehead atoms. The highest BCUT2D eigenvalue weighted by molar-refractivity contribution is 8.00. The summed E-state index contributed by atoms with van der Waals surface area (Å²) in [6, 6.07) is 4.73. The topological polar surface area (TPSA) is 55.5 Å². The number of thioether (sulfide) groups is 1. The van der Waals surface area contributed by atoms with E-state index in [0.717, 1.165) is 50.1 Å². The summed E-state index contributed by atoms with van der Waals surface area (Å²) in [5.41, 5.74) is 0. The molecule has 1 atom stereocenters. The van der Waals surface area contributed by atoms with Gasteiger partial charge < -0.3 is 14.4 Å². The largest absolute Gasteiger partial charge is 0.332 e. The zero-order valence-electron chi connectivity index (χ0n) is 16.1. The maximum Gasteiger partial charge on any atom is 0.236 e. The first-order valence-corrected chi connectivity index (χ1v) is 11.7. The Kier molecular flexibility index (Phi) is 5.85. The Hall–Kier alpha value is -1.38. The molecular formula is C19H28N5OS2+. The lowest BCUT2D eigenvalue weighted by Crippen LogP contribution is -3.14. The highest BCUT2D eigenvalue weighted by Gasteiger charge is 2.32. The molecule has 1 saturated heterocycles. The second kappa shape index (κ2) is 8.32. The number of piperazine rings is 1. The number of nitrogens with zero attached hydrogens (tertiary/aromatic N) is 4. The van der Waals surface area contributed by atoms with E-state index in [-0.39, 0.29) is 11.2 Å². The van der Waals surface area contributed by atoms with E-state index in [2.05, 4.69) is 39.2 Å². The lowest BCUT2D eigenvalue weighted by atomic mass is 10.3. The molecule has 8 heteroatoms. The molecule has 27 heavy (non-hydrogen) atoms. The van der Waals surface area contributed by atoms with Gasteiger partial charge in [-0.15, -0.1) is 21.5 Å². The van der Waals surface area contributed by atoms with Crippen molar-refractivity contribution in [2.75, 3.05) is 32.7 Å². The van der Waals surface area contributed by atoms with Crippen LogP contribution in [0.2, 0.25) is 0 Å². The quantitative estimate of drug-likeness (QED) is 0.708. The molecule has 0 spiro atoms. The number of quaternary nitrogens is 1. The van der Waals surface area contributed by atoms with Crippen molar-refractivity contribution in [1.29, 1.82) is 0 Å². The van der Waals surface area contributed by atoms with Gasteiger partial charge in [0.2, 0.25) is 5.91 Å². The van der Waals surface area contributed by atoms with Gasteiger partial charge >= 0.3 is 0 Å². The third-order valence-electron chi connectivity index (χ3n) is 5.47. The van der Waals surface area contributed by atoms with Gasteiger partial charge in [-0.3, -0.25) is 4.79 Å². The molecule has 2 aliphatic rings. The maximum atomic E-state index is 12.9. The zero-order chi connectivity index (χ0) is 18.8. The first-order chi connectivity index (χ1) is 13.2. The summed E-state index contributed by atoms with van der Waals surface area (Å²) in [5.74, 6) is 1.27. The average molecular weight is 407 g/mol. The Morgan fingerprint density at radius 3 is 2.78 bits per heavy atom. The third-order valence-corrected chi connectivity index (χ3v) is 7.39. The van der Waals surface area contributed by atoms with Crippen LogP contribution in [0.3, 0.4) is 0 Å². The molecule has 0 radical (unpaired) electrons. The van der Waals surface area contributed by atoms with E-state index < -0.39 is 0 Å². The maximum absolute atomic E-state index is 12.9. The van der Waals surface area contributed by atoms with E-state index in [4.69, 9.17) is 0 Å². The molecule has 2 aromatic heterocycles. The lowest BCUT2D eigenvalue weighted by molar-refractivity contribution is -0.902. The minimum atomic E-state index is -0.121. The fourth-order valence-electron chi connectivity index (χ4n) is 3.64. The molecule has 1 aliphatic heterocycles. The molecule has 1 aliphatic carbocycles. The minimum absolute atomic E-state index is 0.121. The van der Waals surface area contributed by atoms with E-state index >= 15 is 0 Å². The summed E-state index contributed by atoms with van der Waals surface area (Å²) in [5, 5.41) is 11.8. The van der Waals surface area contributed by atoms with E-state index in [1.54, 1.807) is 28.0 Å². The summed E-state index contributed by atoms with van der Waals surface area (Å²) in [4.78, 5) is 17.8. The smallest absolute Gasteiger partial charge is 0.236 e. The van der Waals surface area contributed by atoms with Gasteiger partial charge in [0, 0.05) is 17.3 Å². The minimum Gasteiger partial charge on any atom is -0.332 e. The molecular weight excluding hydrogens is 378 g/mol. The standard InChI is InChI=1S/C19H27N5OS2/c1-3-22-8-10-23(11-9-22)18(25)14(2)27-19-21-20-17(24(19)15-6-7-15)13-16-5-4-12-26-16/h4-5,12,14-15H,3,6-11,13H2,1-2H3/p+1/t14-/m0/s1. The van der Waals surface area contributed by atoms with Gasteiger partial charge in [0.05, 0.1) is 38.0 Å². The number of amides is 1. The van der Waals surface area contributed by atoms with Crippen LogP contribution in [-0.2, 0) is 11.2 Å². The Bertz CT molecular complexity index is 763. The number of hydrogen-bond acceptors (Lipinski definition) is 5. The van der Waals surface area contributed by atoms with Crippen LogP contribution in [0, 0.1) is 0 Å². The normalized spacial score (nSPS) is 19.4. The van der Waals surface area contributed by atoms with Crippen molar-refractivity contribution < 1.29 is 9.69 Å². The summed E-state index contributed by atoms with van der Waals surface area (Å²) in [6.45, 7) is 9.22. The van der Waals surface area contributed by atoms with E-state index in [1.807, 2.05) is 11.8 Å².